The lowest BCUT2D eigenvalue weighted by Gasteiger charge is -2.12. The van der Waals surface area contributed by atoms with E-state index in [1.54, 1.807) is 0 Å². The summed E-state index contributed by atoms with van der Waals surface area (Å²) in [5, 5.41) is 2.63. The fraction of sp³-hybridized carbons (Fsp3) is 0.857. The molecule has 0 aromatic rings. The van der Waals surface area contributed by atoms with Crippen LogP contribution in [0, 0.1) is 5.92 Å². The summed E-state index contributed by atoms with van der Waals surface area (Å²) in [4.78, 5) is 10.6. The van der Waals surface area contributed by atoms with Crippen LogP contribution in [0.4, 0.5) is 4.79 Å². The third kappa shape index (κ3) is 1.30. The molecule has 2 unspecified atom stereocenters. The number of ether oxygens (including phenoxy) is 2. The van der Waals surface area contributed by atoms with E-state index < -0.39 is 0 Å². The average Bonchev–Trinajstić information content (AvgIpc) is 2.55. The van der Waals surface area contributed by atoms with Crippen LogP contribution in [0.5, 0.6) is 0 Å². The first kappa shape index (κ1) is 6.91. The Kier molecular flexibility index (Phi) is 1.69. The topological polar surface area (TPSA) is 47.6 Å². The van der Waals surface area contributed by atoms with Crippen LogP contribution < -0.4 is 5.32 Å². The van der Waals surface area contributed by atoms with Gasteiger partial charge in [-0.15, -0.1) is 0 Å². The Morgan fingerprint density at radius 2 is 2.45 bits per heavy atom. The van der Waals surface area contributed by atoms with Gasteiger partial charge in [0.15, 0.2) is 0 Å². The maximum atomic E-state index is 10.6. The van der Waals surface area contributed by atoms with E-state index in [1.807, 2.05) is 0 Å². The molecule has 1 amide bonds. The second kappa shape index (κ2) is 2.70. The highest BCUT2D eigenvalue weighted by Crippen LogP contribution is 2.20. The van der Waals surface area contributed by atoms with Gasteiger partial charge in [0.1, 0.15) is 6.10 Å². The van der Waals surface area contributed by atoms with Crippen molar-refractivity contribution in [2.75, 3.05) is 19.8 Å². The molecule has 0 radical (unpaired) electrons. The third-order valence-corrected chi connectivity index (χ3v) is 2.20. The number of amides is 1. The largest absolute Gasteiger partial charge is 0.444 e. The van der Waals surface area contributed by atoms with Crippen molar-refractivity contribution in [3.63, 3.8) is 0 Å². The van der Waals surface area contributed by atoms with Crippen LogP contribution in [0.1, 0.15) is 6.42 Å². The normalized spacial score (nSPS) is 36.9. The maximum Gasteiger partial charge on any atom is 0.407 e. The summed E-state index contributed by atoms with van der Waals surface area (Å²) < 4.78 is 10.2. The van der Waals surface area contributed by atoms with Gasteiger partial charge in [-0.1, -0.05) is 0 Å². The third-order valence-electron chi connectivity index (χ3n) is 2.20. The molecule has 2 atom stereocenters. The van der Waals surface area contributed by atoms with Gasteiger partial charge in [-0.2, -0.15) is 0 Å². The number of nitrogens with one attached hydrogen (secondary N) is 1. The van der Waals surface area contributed by atoms with Gasteiger partial charge < -0.3 is 14.8 Å². The van der Waals surface area contributed by atoms with E-state index in [1.165, 1.54) is 0 Å². The summed E-state index contributed by atoms with van der Waals surface area (Å²) in [5.74, 6) is 0.411. The van der Waals surface area contributed by atoms with Crippen molar-refractivity contribution in [2.45, 2.75) is 12.5 Å². The fourth-order valence-corrected chi connectivity index (χ4v) is 1.51. The summed E-state index contributed by atoms with van der Waals surface area (Å²) in [6.07, 6.45) is 0.770. The van der Waals surface area contributed by atoms with Gasteiger partial charge in [-0.25, -0.2) is 4.79 Å². The van der Waals surface area contributed by atoms with Crippen LogP contribution >= 0.6 is 0 Å². The fourth-order valence-electron chi connectivity index (χ4n) is 1.51. The van der Waals surface area contributed by atoms with Crippen LogP contribution in [0.15, 0.2) is 0 Å². The molecule has 2 saturated heterocycles. The highest BCUT2D eigenvalue weighted by Gasteiger charge is 2.32. The second-order valence-corrected chi connectivity index (χ2v) is 2.95. The van der Waals surface area contributed by atoms with Crippen molar-refractivity contribution in [1.29, 1.82) is 0 Å². The maximum absolute atomic E-state index is 10.6. The number of hydrogen-bond acceptors (Lipinski definition) is 3. The molecule has 4 nitrogen and oxygen atoms in total. The second-order valence-electron chi connectivity index (χ2n) is 2.95. The molecule has 0 aromatic carbocycles. The molecule has 0 spiro atoms. The van der Waals surface area contributed by atoms with Gasteiger partial charge in [0.05, 0.1) is 13.2 Å². The molecule has 0 saturated carbocycles. The summed E-state index contributed by atoms with van der Waals surface area (Å²) in [6, 6.07) is 0. The molecule has 2 aliphatic rings. The SMILES string of the molecule is O=C1NCC(C2CCOC2)O1. The standard InChI is InChI=1S/C7H11NO3/c9-7-8-3-6(11-7)5-1-2-10-4-5/h5-6H,1-4H2,(H,8,9). The molecule has 2 rings (SSSR count). The van der Waals surface area contributed by atoms with E-state index in [4.69, 9.17) is 9.47 Å². The lowest BCUT2D eigenvalue weighted by molar-refractivity contribution is 0.0936. The number of rotatable bonds is 1. The monoisotopic (exact) mass is 157 g/mol. The molecule has 0 bridgehead atoms. The zero-order valence-electron chi connectivity index (χ0n) is 6.21. The summed E-state index contributed by atoms with van der Waals surface area (Å²) >= 11 is 0. The molecule has 1 N–H and O–H groups in total. The highest BCUT2D eigenvalue weighted by molar-refractivity contribution is 5.69. The van der Waals surface area contributed by atoms with E-state index in [9.17, 15) is 4.79 Å². The number of cyclic esters (lactones) is 1. The zero-order valence-corrected chi connectivity index (χ0v) is 6.21. The van der Waals surface area contributed by atoms with Crippen LogP contribution in [-0.4, -0.2) is 32.0 Å². The average molecular weight is 157 g/mol. The Bertz CT molecular complexity index is 165. The minimum atomic E-state index is -0.290. The molecule has 62 valence electrons. The van der Waals surface area contributed by atoms with Crippen LogP contribution in [0.3, 0.4) is 0 Å². The Labute approximate surface area is 64.9 Å². The summed E-state index contributed by atoms with van der Waals surface area (Å²) in [6.45, 7) is 2.19. The van der Waals surface area contributed by atoms with Gasteiger partial charge in [0.2, 0.25) is 0 Å². The van der Waals surface area contributed by atoms with Crippen molar-refractivity contribution in [3.05, 3.63) is 0 Å². The van der Waals surface area contributed by atoms with Gasteiger partial charge in [-0.3, -0.25) is 0 Å². The van der Waals surface area contributed by atoms with Crippen LogP contribution in [0.25, 0.3) is 0 Å². The summed E-state index contributed by atoms with van der Waals surface area (Å²) in [7, 11) is 0. The smallest absolute Gasteiger partial charge is 0.407 e. The minimum Gasteiger partial charge on any atom is -0.444 e. The highest BCUT2D eigenvalue weighted by atomic mass is 16.6. The predicted octanol–water partition coefficient (Wildman–Crippen LogP) is 0.131. The van der Waals surface area contributed by atoms with Gasteiger partial charge in [0, 0.05) is 12.5 Å². The first-order valence-electron chi connectivity index (χ1n) is 3.88. The molecule has 4 heteroatoms. The van der Waals surface area contributed by atoms with E-state index in [0.29, 0.717) is 12.5 Å². The Hall–Kier alpha value is -0.770. The first-order chi connectivity index (χ1) is 5.36. The number of carbonyl (C=O) groups excluding carboxylic acids is 1. The molecular formula is C7H11NO3. The number of hydrogen-bond donors (Lipinski definition) is 1. The molecule has 0 aromatic heterocycles. The predicted molar refractivity (Wildman–Crippen MR) is 37.2 cm³/mol. The van der Waals surface area contributed by atoms with Crippen LogP contribution in [0.2, 0.25) is 0 Å². The lowest BCUT2D eigenvalue weighted by Crippen LogP contribution is -2.24. The molecule has 2 fully saturated rings. The molecular weight excluding hydrogens is 146 g/mol. The molecule has 11 heavy (non-hydrogen) atoms. The Morgan fingerprint density at radius 3 is 3.00 bits per heavy atom. The van der Waals surface area contributed by atoms with Crippen molar-refractivity contribution in [2.24, 2.45) is 5.92 Å². The molecule has 0 aliphatic carbocycles. The van der Waals surface area contributed by atoms with Crippen molar-refractivity contribution in [1.82, 2.24) is 5.32 Å². The number of alkyl carbamates (subject to hydrolysis) is 1. The molecule has 2 heterocycles. The Balaban J connectivity index is 1.90. The van der Waals surface area contributed by atoms with Crippen molar-refractivity contribution >= 4 is 6.09 Å². The first-order valence-corrected chi connectivity index (χ1v) is 3.88. The Morgan fingerprint density at radius 1 is 1.55 bits per heavy atom. The number of carbonyl (C=O) groups is 1. The van der Waals surface area contributed by atoms with Crippen LogP contribution in [-0.2, 0) is 9.47 Å². The van der Waals surface area contributed by atoms with Gasteiger partial charge in [0.25, 0.3) is 0 Å². The van der Waals surface area contributed by atoms with Crippen molar-refractivity contribution in [3.8, 4) is 0 Å². The zero-order chi connectivity index (χ0) is 7.68. The quantitative estimate of drug-likeness (QED) is 0.588. The van der Waals surface area contributed by atoms with Gasteiger partial charge in [-0.05, 0) is 6.42 Å². The minimum absolute atomic E-state index is 0.0463. The van der Waals surface area contributed by atoms with E-state index in [2.05, 4.69) is 5.32 Å². The van der Waals surface area contributed by atoms with Gasteiger partial charge >= 0.3 is 6.09 Å². The lowest BCUT2D eigenvalue weighted by atomic mass is 10.0. The van der Waals surface area contributed by atoms with E-state index in [0.717, 1.165) is 19.6 Å². The van der Waals surface area contributed by atoms with Crippen molar-refractivity contribution < 1.29 is 14.3 Å². The van der Waals surface area contributed by atoms with E-state index in [-0.39, 0.29) is 12.2 Å². The molecule has 2 aliphatic heterocycles. The summed E-state index contributed by atoms with van der Waals surface area (Å²) in [5.41, 5.74) is 0. The van der Waals surface area contributed by atoms with E-state index >= 15 is 0 Å².